The Balaban J connectivity index is 1.69. The number of carbonyl (C=O) groups is 2. The number of alkyl halides is 1. The maximum absolute atomic E-state index is 13.9. The van der Waals surface area contributed by atoms with E-state index in [1.165, 1.54) is 38.0 Å². The molecular formula is C34H42ClN7O7S. The van der Waals surface area contributed by atoms with Gasteiger partial charge in [0.15, 0.2) is 5.65 Å². The van der Waals surface area contributed by atoms with Gasteiger partial charge in [-0.2, -0.15) is 5.10 Å². The number of ether oxygens (including phenoxy) is 2. The SMILES string of the molecule is CC(C)(C)OC(=O)NCCCN(C(=O)OC(C)(C)C)c1ccn2ncc(-c3cccc(N(CCCCl)S(=O)(=O)c4ccccc4N=O)c3)c2n1. The summed E-state index contributed by atoms with van der Waals surface area (Å²) >= 11 is 5.97. The van der Waals surface area contributed by atoms with Gasteiger partial charge < -0.3 is 14.8 Å². The summed E-state index contributed by atoms with van der Waals surface area (Å²) < 4.78 is 41.5. The van der Waals surface area contributed by atoms with Gasteiger partial charge in [-0.1, -0.05) is 24.3 Å². The van der Waals surface area contributed by atoms with Gasteiger partial charge in [0.1, 0.15) is 27.6 Å². The van der Waals surface area contributed by atoms with E-state index < -0.39 is 33.4 Å². The summed E-state index contributed by atoms with van der Waals surface area (Å²) in [5.74, 6) is 0.497. The Morgan fingerprint density at radius 1 is 0.960 bits per heavy atom. The highest BCUT2D eigenvalue weighted by atomic mass is 35.5. The highest BCUT2D eigenvalue weighted by molar-refractivity contribution is 7.93. The van der Waals surface area contributed by atoms with Crippen molar-refractivity contribution in [2.45, 2.75) is 70.5 Å². The van der Waals surface area contributed by atoms with Crippen LogP contribution in [-0.2, 0) is 19.5 Å². The molecule has 0 unspecified atom stereocenters. The van der Waals surface area contributed by atoms with Crippen LogP contribution in [0, 0.1) is 4.91 Å². The average molecular weight is 728 g/mol. The number of nitroso groups, excluding NO2 is 1. The van der Waals surface area contributed by atoms with Crippen molar-refractivity contribution in [1.82, 2.24) is 19.9 Å². The quantitative estimate of drug-likeness (QED) is 0.0847. The molecular weight excluding hydrogens is 686 g/mol. The van der Waals surface area contributed by atoms with Crippen LogP contribution in [0.3, 0.4) is 0 Å². The van der Waals surface area contributed by atoms with Crippen LogP contribution in [0.1, 0.15) is 54.4 Å². The molecule has 16 heteroatoms. The van der Waals surface area contributed by atoms with Gasteiger partial charge in [0, 0.05) is 37.3 Å². The molecule has 50 heavy (non-hydrogen) atoms. The average Bonchev–Trinajstić information content (AvgIpc) is 3.46. The number of alkyl carbamates (subject to hydrolysis) is 1. The van der Waals surface area contributed by atoms with Crippen LogP contribution in [-0.4, -0.2) is 71.9 Å². The van der Waals surface area contributed by atoms with Crippen molar-refractivity contribution in [2.24, 2.45) is 5.18 Å². The summed E-state index contributed by atoms with van der Waals surface area (Å²) in [6.45, 7) is 11.0. The number of carbonyl (C=O) groups excluding carboxylic acids is 2. The van der Waals surface area contributed by atoms with Crippen LogP contribution in [0.15, 0.2) is 77.1 Å². The Bertz CT molecular complexity index is 1940. The van der Waals surface area contributed by atoms with Gasteiger partial charge in [0.05, 0.1) is 11.9 Å². The van der Waals surface area contributed by atoms with Crippen molar-refractivity contribution < 1.29 is 27.5 Å². The van der Waals surface area contributed by atoms with Crippen molar-refractivity contribution in [2.75, 3.05) is 34.7 Å². The summed E-state index contributed by atoms with van der Waals surface area (Å²) in [7, 11) is -4.21. The van der Waals surface area contributed by atoms with E-state index in [0.29, 0.717) is 35.3 Å². The lowest BCUT2D eigenvalue weighted by molar-refractivity contribution is 0.0527. The van der Waals surface area contributed by atoms with Crippen molar-refractivity contribution in [3.05, 3.63) is 71.9 Å². The fourth-order valence-corrected chi connectivity index (χ4v) is 6.60. The molecule has 0 aliphatic heterocycles. The van der Waals surface area contributed by atoms with Crippen LogP contribution < -0.4 is 14.5 Å². The lowest BCUT2D eigenvalue weighted by Crippen LogP contribution is -2.39. The first-order valence-corrected chi connectivity index (χ1v) is 17.9. The predicted molar refractivity (Wildman–Crippen MR) is 193 cm³/mol. The monoisotopic (exact) mass is 727 g/mol. The second-order valence-electron chi connectivity index (χ2n) is 13.3. The maximum Gasteiger partial charge on any atom is 0.416 e. The number of aromatic nitrogens is 3. The Kier molecular flexibility index (Phi) is 12.1. The zero-order chi connectivity index (χ0) is 36.7. The van der Waals surface area contributed by atoms with E-state index in [0.717, 1.165) is 0 Å². The standard InChI is InChI=1S/C34H42ClN7O7S/c1-33(2,3)48-31(43)36-18-11-19-40(32(44)49-34(4,5)6)29-16-21-41-30(38-29)26(23-37-41)24-12-9-13-25(22-24)42(20-10-17-35)50(46,47)28-15-8-7-14-27(28)39-45/h7-9,12-16,21-23H,10-11,17-20H2,1-6H3,(H,36,43). The van der Waals surface area contributed by atoms with Crippen molar-refractivity contribution in [3.8, 4) is 11.1 Å². The first-order chi connectivity index (χ1) is 23.5. The van der Waals surface area contributed by atoms with Gasteiger partial charge in [0.2, 0.25) is 0 Å². The van der Waals surface area contributed by atoms with Gasteiger partial charge in [-0.05, 0) is 95.5 Å². The highest BCUT2D eigenvalue weighted by Crippen LogP contribution is 2.34. The molecule has 1 N–H and O–H groups in total. The molecule has 2 heterocycles. The summed E-state index contributed by atoms with van der Waals surface area (Å²) in [6, 6.07) is 14.2. The third kappa shape index (κ3) is 9.69. The number of benzene rings is 2. The van der Waals surface area contributed by atoms with Crippen molar-refractivity contribution in [1.29, 1.82) is 0 Å². The van der Waals surface area contributed by atoms with Crippen molar-refractivity contribution >= 4 is 56.7 Å². The third-order valence-electron chi connectivity index (χ3n) is 6.94. The van der Waals surface area contributed by atoms with Gasteiger partial charge in [0.25, 0.3) is 10.0 Å². The van der Waals surface area contributed by atoms with Crippen LogP contribution in [0.4, 0.5) is 26.8 Å². The summed E-state index contributed by atoms with van der Waals surface area (Å²) in [6.07, 6.45) is 2.77. The number of amides is 2. The molecule has 0 saturated heterocycles. The second kappa shape index (κ2) is 15.9. The van der Waals surface area contributed by atoms with E-state index in [4.69, 9.17) is 26.1 Å². The molecule has 2 aromatic carbocycles. The fraction of sp³-hybridized carbons (Fsp3) is 0.412. The maximum atomic E-state index is 13.9. The van der Waals surface area contributed by atoms with Crippen LogP contribution in [0.5, 0.6) is 0 Å². The molecule has 0 atom stereocenters. The van der Waals surface area contributed by atoms with Crippen LogP contribution in [0.2, 0.25) is 0 Å². The summed E-state index contributed by atoms with van der Waals surface area (Å²) in [5, 5.41) is 10.0. The van der Waals surface area contributed by atoms with Gasteiger partial charge in [-0.3, -0.25) is 9.21 Å². The van der Waals surface area contributed by atoms with Crippen LogP contribution in [0.25, 0.3) is 16.8 Å². The smallest absolute Gasteiger partial charge is 0.416 e. The van der Waals surface area contributed by atoms with E-state index >= 15 is 0 Å². The minimum Gasteiger partial charge on any atom is -0.444 e. The van der Waals surface area contributed by atoms with Crippen molar-refractivity contribution in [3.63, 3.8) is 0 Å². The number of nitrogens with zero attached hydrogens (tertiary/aromatic N) is 6. The fourth-order valence-electron chi connectivity index (χ4n) is 4.86. The molecule has 0 aliphatic rings. The zero-order valence-electron chi connectivity index (χ0n) is 28.9. The molecule has 4 rings (SSSR count). The number of fused-ring (bicyclic) bond motifs is 1. The lowest BCUT2D eigenvalue weighted by atomic mass is 10.1. The lowest BCUT2D eigenvalue weighted by Gasteiger charge is -2.27. The normalized spacial score (nSPS) is 12.0. The number of hydrogen-bond donors (Lipinski definition) is 1. The van der Waals surface area contributed by atoms with E-state index in [9.17, 15) is 22.9 Å². The van der Waals surface area contributed by atoms with E-state index in [2.05, 4.69) is 15.6 Å². The van der Waals surface area contributed by atoms with Gasteiger partial charge in [-0.25, -0.2) is 27.5 Å². The van der Waals surface area contributed by atoms with E-state index in [-0.39, 0.29) is 41.9 Å². The first-order valence-electron chi connectivity index (χ1n) is 16.0. The summed E-state index contributed by atoms with van der Waals surface area (Å²) in [4.78, 5) is 43.0. The molecule has 2 aromatic heterocycles. The largest absolute Gasteiger partial charge is 0.444 e. The van der Waals surface area contributed by atoms with E-state index in [1.807, 2.05) is 0 Å². The van der Waals surface area contributed by atoms with Crippen LogP contribution >= 0.6 is 11.6 Å². The number of rotatable bonds is 13. The van der Waals surface area contributed by atoms with E-state index in [1.54, 1.807) is 84.3 Å². The number of sulfonamides is 1. The minimum atomic E-state index is -4.21. The predicted octanol–water partition coefficient (Wildman–Crippen LogP) is 7.27. The molecule has 0 bridgehead atoms. The molecule has 0 aliphatic carbocycles. The van der Waals surface area contributed by atoms with Gasteiger partial charge >= 0.3 is 12.2 Å². The molecule has 0 radical (unpaired) electrons. The second-order valence-corrected chi connectivity index (χ2v) is 15.5. The molecule has 268 valence electrons. The summed E-state index contributed by atoms with van der Waals surface area (Å²) in [5.41, 5.74) is 0.254. The molecule has 4 aromatic rings. The highest BCUT2D eigenvalue weighted by Gasteiger charge is 2.29. The zero-order valence-corrected chi connectivity index (χ0v) is 30.5. The first kappa shape index (κ1) is 38.0. The number of anilines is 2. The third-order valence-corrected chi connectivity index (χ3v) is 9.09. The molecule has 0 saturated carbocycles. The number of halogens is 1. The Morgan fingerprint density at radius 3 is 2.36 bits per heavy atom. The topological polar surface area (TPSA) is 165 Å². The molecule has 2 amide bonds. The molecule has 0 fully saturated rings. The molecule has 0 spiro atoms. The number of hydrogen-bond acceptors (Lipinski definition) is 10. The Labute approximate surface area is 296 Å². The molecule has 14 nitrogen and oxygen atoms in total. The Morgan fingerprint density at radius 2 is 1.68 bits per heavy atom. The van der Waals surface area contributed by atoms with Gasteiger partial charge in [-0.15, -0.1) is 16.5 Å². The Hall–Kier alpha value is -4.76. The number of nitrogens with one attached hydrogen (secondary N) is 1. The minimum absolute atomic E-state index is 0.0489.